The third-order valence-corrected chi connectivity index (χ3v) is 3.75. The second-order valence-electron chi connectivity index (χ2n) is 6.20. The number of alkyl carbamates (subject to hydrolysis) is 1. The zero-order valence-electron chi connectivity index (χ0n) is 18.3. The van der Waals surface area contributed by atoms with Gasteiger partial charge in [-0.1, -0.05) is 0 Å². The average Bonchev–Trinajstić information content (AvgIpc) is 3.21. The Hall–Kier alpha value is -3.35. The van der Waals surface area contributed by atoms with Crippen LogP contribution in [0.3, 0.4) is 0 Å². The van der Waals surface area contributed by atoms with E-state index in [1.165, 1.54) is 6.92 Å². The third-order valence-electron chi connectivity index (χ3n) is 3.30. The van der Waals surface area contributed by atoms with Gasteiger partial charge in [0.1, 0.15) is 12.3 Å². The summed E-state index contributed by atoms with van der Waals surface area (Å²) in [4.78, 5) is 43.8. The summed E-state index contributed by atoms with van der Waals surface area (Å²) in [5.41, 5.74) is 0. The molecule has 180 valence electrons. The number of ether oxygens (including phenoxy) is 5. The minimum Gasteiger partial charge on any atom is -0.462 e. The Balaban J connectivity index is 0.000000642. The number of amides is 1. The normalized spacial score (nSPS) is 12.4. The molecule has 1 amide bonds. The number of carbonyl (C=O) groups is 3. The number of hydrogen-bond donors (Lipinski definition) is 1. The van der Waals surface area contributed by atoms with E-state index in [0.29, 0.717) is 11.5 Å². The fourth-order valence-electron chi connectivity index (χ4n) is 1.91. The molecule has 0 aliphatic carbocycles. The van der Waals surface area contributed by atoms with Gasteiger partial charge in [0.05, 0.1) is 6.10 Å². The van der Waals surface area contributed by atoms with Gasteiger partial charge in [-0.2, -0.15) is 0 Å². The summed E-state index contributed by atoms with van der Waals surface area (Å²) in [6, 6.07) is 0. The Labute approximate surface area is 189 Å². The van der Waals surface area contributed by atoms with Crippen LogP contribution in [0.15, 0.2) is 37.7 Å². The van der Waals surface area contributed by atoms with E-state index in [1.54, 1.807) is 27.0 Å². The number of hydrogen-bond acceptors (Lipinski definition) is 12. The van der Waals surface area contributed by atoms with Gasteiger partial charge in [-0.3, -0.25) is 4.79 Å². The fourth-order valence-corrected chi connectivity index (χ4v) is 2.09. The van der Waals surface area contributed by atoms with Crippen LogP contribution in [0.2, 0.25) is 0 Å². The topological polar surface area (TPSA) is 153 Å². The molecule has 12 nitrogen and oxygen atoms in total. The minimum atomic E-state index is -0.864. The quantitative estimate of drug-likeness (QED) is 0.453. The third kappa shape index (κ3) is 10.1. The summed E-state index contributed by atoms with van der Waals surface area (Å²) in [7, 11) is 0. The van der Waals surface area contributed by atoms with Gasteiger partial charge in [0.2, 0.25) is 0 Å². The molecule has 0 atom stereocenters. The second kappa shape index (κ2) is 13.1. The van der Waals surface area contributed by atoms with E-state index in [9.17, 15) is 19.2 Å². The Morgan fingerprint density at radius 3 is 2.31 bits per heavy atom. The van der Waals surface area contributed by atoms with E-state index in [4.69, 9.17) is 23.7 Å². The summed E-state index contributed by atoms with van der Waals surface area (Å²) >= 11 is 1.01. The highest BCUT2D eigenvalue weighted by Gasteiger charge is 2.19. The lowest BCUT2D eigenvalue weighted by Gasteiger charge is -2.08. The van der Waals surface area contributed by atoms with Crippen molar-refractivity contribution in [3.63, 3.8) is 0 Å². The molecule has 2 rings (SSSR count). The van der Waals surface area contributed by atoms with E-state index in [0.717, 1.165) is 11.8 Å². The number of carbonyl (C=O) groups excluding carboxylic acids is 3. The number of esters is 1. The molecular formula is C19H27NO11S. The average molecular weight is 477 g/mol. The van der Waals surface area contributed by atoms with Gasteiger partial charge in [0.15, 0.2) is 30.5 Å². The number of rotatable bonds is 7. The summed E-state index contributed by atoms with van der Waals surface area (Å²) in [5.74, 6) is 0.205. The van der Waals surface area contributed by atoms with Gasteiger partial charge >= 0.3 is 23.2 Å². The predicted octanol–water partition coefficient (Wildman–Crippen LogP) is 3.20. The molecule has 2 heterocycles. The van der Waals surface area contributed by atoms with Crippen LogP contribution in [-0.4, -0.2) is 42.9 Å². The molecule has 13 heteroatoms. The lowest BCUT2D eigenvalue weighted by Crippen LogP contribution is -2.32. The highest BCUT2D eigenvalue weighted by Crippen LogP contribution is 2.23. The lowest BCUT2D eigenvalue weighted by atomic mass is 10.4. The van der Waals surface area contributed by atoms with Crippen LogP contribution in [0.5, 0.6) is 0 Å². The lowest BCUT2D eigenvalue weighted by molar-refractivity contribution is -0.146. The van der Waals surface area contributed by atoms with E-state index in [1.807, 2.05) is 0 Å². The maximum Gasteiger partial charge on any atom is 0.519 e. The molecule has 0 radical (unpaired) electrons. The number of nitrogens with one attached hydrogen (secondary N) is 1. The Morgan fingerprint density at radius 2 is 1.81 bits per heavy atom. The van der Waals surface area contributed by atoms with Gasteiger partial charge in [-0.15, -0.1) is 0 Å². The molecule has 0 saturated carbocycles. The Bertz CT molecular complexity index is 919. The monoisotopic (exact) mass is 477 g/mol. The molecule has 0 aromatic carbocycles. The molecule has 1 aliphatic heterocycles. The van der Waals surface area contributed by atoms with Crippen molar-refractivity contribution >= 4 is 29.1 Å². The smallest absolute Gasteiger partial charge is 0.462 e. The van der Waals surface area contributed by atoms with Crippen molar-refractivity contribution in [2.24, 2.45) is 0 Å². The fraction of sp³-hybridized carbons (Fsp3) is 0.474. The van der Waals surface area contributed by atoms with Crippen molar-refractivity contribution in [2.75, 3.05) is 19.4 Å². The zero-order chi connectivity index (χ0) is 24.3. The molecule has 0 spiro atoms. The number of allylic oxidation sites excluding steroid dienone is 1. The van der Waals surface area contributed by atoms with Crippen LogP contribution in [-0.2, 0) is 35.1 Å². The van der Waals surface area contributed by atoms with Crippen molar-refractivity contribution in [2.45, 2.75) is 40.4 Å². The summed E-state index contributed by atoms with van der Waals surface area (Å²) in [6.07, 6.45) is 0.561. The van der Waals surface area contributed by atoms with Crippen LogP contribution >= 0.6 is 11.8 Å². The molecular weight excluding hydrogens is 450 g/mol. The molecule has 1 N–H and O–H groups in total. The zero-order valence-corrected chi connectivity index (χ0v) is 19.1. The molecule has 0 unspecified atom stereocenters. The Kier molecular flexibility index (Phi) is 11.0. The van der Waals surface area contributed by atoms with E-state index in [-0.39, 0.29) is 50.1 Å². The van der Waals surface area contributed by atoms with Crippen LogP contribution in [0.4, 0.5) is 9.59 Å². The van der Waals surface area contributed by atoms with Crippen molar-refractivity contribution < 1.29 is 48.3 Å². The highest BCUT2D eigenvalue weighted by molar-refractivity contribution is 8.12. The SMILES string of the molecule is C=C1OC(C)=C(COC(=O)SC)O1.Cc1oc(=O)oc1COC(=O)NCC(=O)OC(C)C.[HH]. The van der Waals surface area contributed by atoms with Gasteiger partial charge in [0, 0.05) is 1.43 Å². The standard InChI is InChI=1S/C11H15NO7.C8H10O4S.H2/c1-6(2)17-9(13)4-12-10(14)16-5-8-7(3)18-11(15)19-8;1-5-7(12-6(2)11-5)4-10-8(9)13-3;/h6H,4-5H2,1-3H3,(H,12,14);2,4H2,1,3H3;1H. The van der Waals surface area contributed by atoms with Crippen molar-refractivity contribution in [1.82, 2.24) is 5.32 Å². The number of thioether (sulfide) groups is 1. The molecule has 1 aliphatic rings. The van der Waals surface area contributed by atoms with Gasteiger partial charge in [-0.05, 0) is 52.3 Å². The molecule has 0 fully saturated rings. The maximum absolute atomic E-state index is 11.2. The van der Waals surface area contributed by atoms with Crippen LogP contribution in [0, 0.1) is 6.92 Å². The van der Waals surface area contributed by atoms with Crippen LogP contribution < -0.4 is 11.1 Å². The first-order valence-corrected chi connectivity index (χ1v) is 10.4. The summed E-state index contributed by atoms with van der Waals surface area (Å²) in [6.45, 7) is 9.61. The van der Waals surface area contributed by atoms with E-state index >= 15 is 0 Å². The molecule has 32 heavy (non-hydrogen) atoms. The highest BCUT2D eigenvalue weighted by atomic mass is 32.2. The van der Waals surface area contributed by atoms with Crippen LogP contribution in [0.1, 0.15) is 33.7 Å². The maximum atomic E-state index is 11.2. The second-order valence-corrected chi connectivity index (χ2v) is 6.94. The van der Waals surface area contributed by atoms with E-state index < -0.39 is 17.9 Å². The Morgan fingerprint density at radius 1 is 1.12 bits per heavy atom. The number of aryl methyl sites for hydroxylation is 1. The van der Waals surface area contributed by atoms with Crippen LogP contribution in [0.25, 0.3) is 0 Å². The van der Waals surface area contributed by atoms with Gasteiger partial charge in [0.25, 0.3) is 5.95 Å². The summed E-state index contributed by atoms with van der Waals surface area (Å²) < 4.78 is 33.6. The minimum absolute atomic E-state index is 0. The van der Waals surface area contributed by atoms with Crippen molar-refractivity contribution in [3.8, 4) is 0 Å². The molecule has 0 bridgehead atoms. The molecule has 0 saturated heterocycles. The summed E-state index contributed by atoms with van der Waals surface area (Å²) in [5, 5.41) is 1.85. The molecule has 1 aromatic rings. The van der Waals surface area contributed by atoms with Crippen molar-refractivity contribution in [3.05, 3.63) is 46.2 Å². The predicted molar refractivity (Wildman–Crippen MR) is 112 cm³/mol. The van der Waals surface area contributed by atoms with Gasteiger partial charge < -0.3 is 37.8 Å². The van der Waals surface area contributed by atoms with Crippen molar-refractivity contribution in [1.29, 1.82) is 0 Å². The van der Waals surface area contributed by atoms with Gasteiger partial charge in [-0.25, -0.2) is 14.4 Å². The first-order chi connectivity index (χ1) is 15.0. The molecule has 1 aromatic heterocycles. The first kappa shape index (κ1) is 26.7. The van der Waals surface area contributed by atoms with E-state index in [2.05, 4.69) is 20.7 Å². The first-order valence-electron chi connectivity index (χ1n) is 9.16. The largest absolute Gasteiger partial charge is 0.519 e.